The van der Waals surface area contributed by atoms with Crippen LogP contribution < -0.4 is 5.32 Å². The topological polar surface area (TPSA) is 72.7 Å². The summed E-state index contributed by atoms with van der Waals surface area (Å²) < 4.78 is 2.91. The Hall–Kier alpha value is -3.32. The van der Waals surface area contributed by atoms with Crippen molar-refractivity contribution in [2.24, 2.45) is 0 Å². The molecular weight excluding hydrogens is 382 g/mol. The van der Waals surface area contributed by atoms with Gasteiger partial charge in [-0.1, -0.05) is 41.7 Å². The second kappa shape index (κ2) is 6.63. The zero-order valence-corrected chi connectivity index (χ0v) is 17.1. The van der Waals surface area contributed by atoms with Gasteiger partial charge in [-0.15, -0.1) is 0 Å². The molecule has 5 aromatic rings. The van der Waals surface area contributed by atoms with Crippen molar-refractivity contribution in [2.75, 3.05) is 5.32 Å². The molecule has 0 saturated heterocycles. The standard InChI is InChI=1S/C22H19N5OS/c1-12(2)27-20-15(11-23-27)10-17(13(3)24-20)21(28)26-22-25-19-16-7-5-4-6-14(16)8-9-18(19)29-22/h4-12H,1-3H3,(H,25,26,28). The van der Waals surface area contributed by atoms with Crippen LogP contribution >= 0.6 is 11.3 Å². The molecule has 0 aliphatic heterocycles. The smallest absolute Gasteiger partial charge is 0.259 e. The maximum Gasteiger partial charge on any atom is 0.259 e. The van der Waals surface area contributed by atoms with Gasteiger partial charge in [-0.2, -0.15) is 5.10 Å². The van der Waals surface area contributed by atoms with E-state index >= 15 is 0 Å². The largest absolute Gasteiger partial charge is 0.298 e. The number of nitrogens with one attached hydrogen (secondary N) is 1. The maximum absolute atomic E-state index is 12.9. The van der Waals surface area contributed by atoms with Crippen molar-refractivity contribution in [1.29, 1.82) is 0 Å². The van der Waals surface area contributed by atoms with Gasteiger partial charge < -0.3 is 0 Å². The quantitative estimate of drug-likeness (QED) is 0.443. The van der Waals surface area contributed by atoms with Crippen LogP contribution in [-0.2, 0) is 0 Å². The van der Waals surface area contributed by atoms with E-state index in [9.17, 15) is 4.79 Å². The van der Waals surface area contributed by atoms with E-state index in [1.165, 1.54) is 11.3 Å². The second-order valence-electron chi connectivity index (χ2n) is 7.32. The molecule has 3 heterocycles. The average Bonchev–Trinajstić information content (AvgIpc) is 3.30. The first-order chi connectivity index (χ1) is 14.0. The summed E-state index contributed by atoms with van der Waals surface area (Å²) in [5.41, 5.74) is 2.90. The summed E-state index contributed by atoms with van der Waals surface area (Å²) in [6, 6.07) is 14.3. The highest BCUT2D eigenvalue weighted by Crippen LogP contribution is 2.32. The monoisotopic (exact) mass is 401 g/mol. The van der Waals surface area contributed by atoms with Gasteiger partial charge in [0.05, 0.1) is 27.7 Å². The number of aryl methyl sites for hydroxylation is 1. The molecule has 1 N–H and O–H groups in total. The number of aromatic nitrogens is 4. The lowest BCUT2D eigenvalue weighted by Crippen LogP contribution is -2.14. The Morgan fingerprint density at radius 3 is 2.76 bits per heavy atom. The van der Waals surface area contributed by atoms with Gasteiger partial charge in [-0.3, -0.25) is 10.1 Å². The Balaban J connectivity index is 1.51. The zero-order chi connectivity index (χ0) is 20.1. The molecule has 0 atom stereocenters. The summed E-state index contributed by atoms with van der Waals surface area (Å²) >= 11 is 1.47. The lowest BCUT2D eigenvalue weighted by Gasteiger charge is -2.09. The van der Waals surface area contributed by atoms with Gasteiger partial charge in [0.15, 0.2) is 10.8 Å². The minimum atomic E-state index is -0.211. The summed E-state index contributed by atoms with van der Waals surface area (Å²) in [6.07, 6.45) is 1.75. The van der Waals surface area contributed by atoms with Crippen molar-refractivity contribution in [2.45, 2.75) is 26.8 Å². The number of hydrogen-bond donors (Lipinski definition) is 1. The molecule has 0 unspecified atom stereocenters. The maximum atomic E-state index is 12.9. The molecule has 0 saturated carbocycles. The molecule has 0 fully saturated rings. The van der Waals surface area contributed by atoms with Gasteiger partial charge in [0, 0.05) is 16.8 Å². The Morgan fingerprint density at radius 1 is 1.10 bits per heavy atom. The van der Waals surface area contributed by atoms with Crippen LogP contribution in [0.1, 0.15) is 35.9 Å². The molecule has 0 radical (unpaired) electrons. The Bertz CT molecular complexity index is 1400. The molecule has 0 aliphatic carbocycles. The van der Waals surface area contributed by atoms with Gasteiger partial charge in [0.1, 0.15) is 0 Å². The fraction of sp³-hybridized carbons (Fsp3) is 0.182. The van der Waals surface area contributed by atoms with Crippen LogP contribution in [0.3, 0.4) is 0 Å². The number of rotatable bonds is 3. The third-order valence-corrected chi connectivity index (χ3v) is 5.93. The molecule has 1 amide bonds. The van der Waals surface area contributed by atoms with Gasteiger partial charge in [0.2, 0.25) is 0 Å². The molecule has 6 nitrogen and oxygen atoms in total. The fourth-order valence-corrected chi connectivity index (χ4v) is 4.43. The van der Waals surface area contributed by atoms with E-state index in [2.05, 4.69) is 52.4 Å². The summed E-state index contributed by atoms with van der Waals surface area (Å²) in [7, 11) is 0. The van der Waals surface area contributed by atoms with Crippen LogP contribution in [0, 0.1) is 6.92 Å². The molecule has 144 valence electrons. The van der Waals surface area contributed by atoms with E-state index in [-0.39, 0.29) is 11.9 Å². The fourth-order valence-electron chi connectivity index (χ4n) is 3.55. The number of anilines is 1. The summed E-state index contributed by atoms with van der Waals surface area (Å²) in [5, 5.41) is 11.0. The SMILES string of the molecule is Cc1nc2c(cnn2C(C)C)cc1C(=O)Nc1nc2c(ccc3ccccc32)s1. The third-order valence-electron chi connectivity index (χ3n) is 5.00. The van der Waals surface area contributed by atoms with Gasteiger partial charge in [-0.05, 0) is 38.3 Å². The third kappa shape index (κ3) is 2.94. The number of nitrogens with zero attached hydrogens (tertiary/aromatic N) is 4. The molecule has 3 aromatic heterocycles. The lowest BCUT2D eigenvalue weighted by atomic mass is 10.1. The molecule has 0 spiro atoms. The zero-order valence-electron chi connectivity index (χ0n) is 16.3. The van der Waals surface area contributed by atoms with Crippen molar-refractivity contribution >= 4 is 54.4 Å². The number of amides is 1. The van der Waals surface area contributed by atoms with E-state index in [1.807, 2.05) is 35.9 Å². The predicted octanol–water partition coefficient (Wildman–Crippen LogP) is 5.34. The predicted molar refractivity (Wildman–Crippen MR) is 118 cm³/mol. The Morgan fingerprint density at radius 2 is 1.93 bits per heavy atom. The summed E-state index contributed by atoms with van der Waals surface area (Å²) in [6.45, 7) is 5.96. The van der Waals surface area contributed by atoms with Gasteiger partial charge in [0.25, 0.3) is 5.91 Å². The molecule has 7 heteroatoms. The first kappa shape index (κ1) is 17.8. The molecule has 2 aromatic carbocycles. The van der Waals surface area contributed by atoms with Crippen LogP contribution in [0.15, 0.2) is 48.7 Å². The van der Waals surface area contributed by atoms with Crippen LogP contribution in [0.25, 0.3) is 32.0 Å². The highest BCUT2D eigenvalue weighted by Gasteiger charge is 2.17. The van der Waals surface area contributed by atoms with E-state index < -0.39 is 0 Å². The number of carbonyl (C=O) groups is 1. The molecule has 0 bridgehead atoms. The van der Waals surface area contributed by atoms with Crippen LogP contribution in [0.5, 0.6) is 0 Å². The van der Waals surface area contributed by atoms with Crippen LogP contribution in [0.4, 0.5) is 5.13 Å². The van der Waals surface area contributed by atoms with E-state index in [1.54, 1.807) is 6.20 Å². The lowest BCUT2D eigenvalue weighted by molar-refractivity contribution is 0.102. The number of pyridine rings is 1. The van der Waals surface area contributed by atoms with Crippen LogP contribution in [-0.4, -0.2) is 25.7 Å². The van der Waals surface area contributed by atoms with E-state index in [0.717, 1.165) is 32.0 Å². The van der Waals surface area contributed by atoms with Crippen molar-refractivity contribution in [3.63, 3.8) is 0 Å². The number of fused-ring (bicyclic) bond motifs is 4. The Kier molecular flexibility index (Phi) is 4.06. The number of thiazole rings is 1. The van der Waals surface area contributed by atoms with E-state index in [4.69, 9.17) is 0 Å². The molecular formula is C22H19N5OS. The normalized spacial score (nSPS) is 11.7. The minimum absolute atomic E-state index is 0.205. The number of benzene rings is 2. The first-order valence-corrected chi connectivity index (χ1v) is 10.3. The first-order valence-electron chi connectivity index (χ1n) is 9.46. The summed E-state index contributed by atoms with van der Waals surface area (Å²) in [4.78, 5) is 22.2. The highest BCUT2D eigenvalue weighted by molar-refractivity contribution is 7.22. The van der Waals surface area contributed by atoms with Crippen molar-refractivity contribution in [3.8, 4) is 0 Å². The molecule has 5 rings (SSSR count). The minimum Gasteiger partial charge on any atom is -0.298 e. The number of carbonyl (C=O) groups excluding carboxylic acids is 1. The number of hydrogen-bond acceptors (Lipinski definition) is 5. The van der Waals surface area contributed by atoms with Crippen molar-refractivity contribution in [1.82, 2.24) is 19.7 Å². The highest BCUT2D eigenvalue weighted by atomic mass is 32.1. The molecule has 29 heavy (non-hydrogen) atoms. The average molecular weight is 401 g/mol. The second-order valence-corrected chi connectivity index (χ2v) is 8.35. The van der Waals surface area contributed by atoms with Crippen molar-refractivity contribution in [3.05, 3.63) is 59.9 Å². The Labute approximate surface area is 171 Å². The van der Waals surface area contributed by atoms with Gasteiger partial charge >= 0.3 is 0 Å². The molecule has 0 aliphatic rings. The van der Waals surface area contributed by atoms with Gasteiger partial charge in [-0.25, -0.2) is 14.6 Å². The van der Waals surface area contributed by atoms with Crippen molar-refractivity contribution < 1.29 is 4.79 Å². The van der Waals surface area contributed by atoms with Crippen LogP contribution in [0.2, 0.25) is 0 Å². The van der Waals surface area contributed by atoms with E-state index in [0.29, 0.717) is 16.4 Å². The summed E-state index contributed by atoms with van der Waals surface area (Å²) in [5.74, 6) is -0.211.